The highest BCUT2D eigenvalue weighted by Gasteiger charge is 2.46. The Labute approximate surface area is 191 Å². The standard InChI is InChI=1S/C23H40N3O4S/c1-7-9-10-11-16-28-20-19(24-31-25-20)18-13-12-14-26(6,17-18)21(23(3,4)5)30-22(27)29-15-8-2/h13,21H,7-12,14-17H2,1-6H3/q+1. The van der Waals surface area contributed by atoms with E-state index in [-0.39, 0.29) is 11.6 Å². The summed E-state index contributed by atoms with van der Waals surface area (Å²) >= 11 is 1.18. The molecule has 2 atom stereocenters. The lowest BCUT2D eigenvalue weighted by Gasteiger charge is -2.47. The second kappa shape index (κ2) is 11.8. The molecule has 1 aliphatic rings. The Balaban J connectivity index is 2.12. The van der Waals surface area contributed by atoms with Crippen molar-refractivity contribution >= 4 is 23.5 Å². The molecule has 8 heteroatoms. The second-order valence-electron chi connectivity index (χ2n) is 9.64. The average Bonchev–Trinajstić information content (AvgIpc) is 3.18. The predicted octanol–water partition coefficient (Wildman–Crippen LogP) is 5.67. The Morgan fingerprint density at radius 2 is 1.94 bits per heavy atom. The van der Waals surface area contributed by atoms with Gasteiger partial charge < -0.3 is 14.2 Å². The predicted molar refractivity (Wildman–Crippen MR) is 124 cm³/mol. The van der Waals surface area contributed by atoms with Crippen LogP contribution in [0.2, 0.25) is 0 Å². The summed E-state index contributed by atoms with van der Waals surface area (Å²) < 4.78 is 26.6. The monoisotopic (exact) mass is 454 g/mol. The molecule has 1 aliphatic heterocycles. The Kier molecular flexibility index (Phi) is 9.75. The van der Waals surface area contributed by atoms with Gasteiger partial charge in [-0.25, -0.2) is 4.79 Å². The third-order valence-electron chi connectivity index (χ3n) is 5.50. The summed E-state index contributed by atoms with van der Waals surface area (Å²) in [6.45, 7) is 13.1. The number of hydrogen-bond donors (Lipinski definition) is 0. The van der Waals surface area contributed by atoms with E-state index in [9.17, 15) is 4.79 Å². The maximum atomic E-state index is 12.3. The highest BCUT2D eigenvalue weighted by molar-refractivity contribution is 6.99. The van der Waals surface area contributed by atoms with Crippen LogP contribution < -0.4 is 4.74 Å². The van der Waals surface area contributed by atoms with Crippen molar-refractivity contribution in [3.8, 4) is 5.88 Å². The van der Waals surface area contributed by atoms with Gasteiger partial charge in [0.1, 0.15) is 12.2 Å². The summed E-state index contributed by atoms with van der Waals surface area (Å²) in [4.78, 5) is 12.3. The Hall–Kier alpha value is -1.67. The van der Waals surface area contributed by atoms with Crippen molar-refractivity contribution in [1.29, 1.82) is 0 Å². The van der Waals surface area contributed by atoms with Crippen LogP contribution in [0.3, 0.4) is 0 Å². The van der Waals surface area contributed by atoms with E-state index in [1.54, 1.807) is 0 Å². The third-order valence-corrected chi connectivity index (χ3v) is 6.01. The number of carbonyl (C=O) groups is 1. The number of rotatable bonds is 11. The number of likely N-dealkylation sites (N-methyl/N-ethyl adjacent to an activating group) is 1. The van der Waals surface area contributed by atoms with Crippen LogP contribution in [0.1, 0.15) is 78.8 Å². The first kappa shape index (κ1) is 25.6. The summed E-state index contributed by atoms with van der Waals surface area (Å²) in [5.41, 5.74) is 1.68. The molecule has 0 aliphatic carbocycles. The van der Waals surface area contributed by atoms with E-state index in [0.717, 1.165) is 37.1 Å². The maximum absolute atomic E-state index is 12.3. The number of quaternary nitrogens is 1. The maximum Gasteiger partial charge on any atom is 0.512 e. The Morgan fingerprint density at radius 3 is 2.61 bits per heavy atom. The summed E-state index contributed by atoms with van der Waals surface area (Å²) in [5.74, 6) is 0.622. The molecule has 0 spiro atoms. The molecule has 0 bridgehead atoms. The molecule has 0 saturated carbocycles. The zero-order chi connectivity index (χ0) is 22.9. The van der Waals surface area contributed by atoms with Crippen molar-refractivity contribution in [2.45, 2.75) is 79.4 Å². The minimum absolute atomic E-state index is 0.249. The summed E-state index contributed by atoms with van der Waals surface area (Å²) in [7, 11) is 2.14. The average molecular weight is 455 g/mol. The van der Waals surface area contributed by atoms with E-state index in [0.29, 0.717) is 30.1 Å². The minimum Gasteiger partial charge on any atom is -0.475 e. The summed E-state index contributed by atoms with van der Waals surface area (Å²) in [5, 5.41) is 0. The fourth-order valence-electron chi connectivity index (χ4n) is 4.16. The van der Waals surface area contributed by atoms with Crippen LogP contribution in [0.5, 0.6) is 5.88 Å². The molecule has 176 valence electrons. The van der Waals surface area contributed by atoms with Crippen LogP contribution in [-0.4, -0.2) is 59.0 Å². The van der Waals surface area contributed by atoms with E-state index in [1.165, 1.54) is 31.0 Å². The number of nitrogens with zero attached hydrogens (tertiary/aromatic N) is 3. The van der Waals surface area contributed by atoms with Crippen LogP contribution in [0, 0.1) is 5.41 Å². The molecule has 0 saturated heterocycles. The van der Waals surface area contributed by atoms with Crippen molar-refractivity contribution in [3.63, 3.8) is 0 Å². The lowest BCUT2D eigenvalue weighted by Crippen LogP contribution is -2.61. The first-order valence-electron chi connectivity index (χ1n) is 11.5. The highest BCUT2D eigenvalue weighted by atomic mass is 32.1. The molecule has 1 aromatic rings. The van der Waals surface area contributed by atoms with Gasteiger partial charge in [-0.2, -0.15) is 4.37 Å². The molecule has 0 aromatic carbocycles. The van der Waals surface area contributed by atoms with E-state index >= 15 is 0 Å². The summed E-state index contributed by atoms with van der Waals surface area (Å²) in [6.07, 6.45) is 7.55. The molecule has 0 fully saturated rings. The zero-order valence-corrected chi connectivity index (χ0v) is 20.9. The number of carbonyl (C=O) groups excluding carboxylic acids is 1. The second-order valence-corrected chi connectivity index (χ2v) is 10.2. The van der Waals surface area contributed by atoms with Gasteiger partial charge in [0.25, 0.3) is 5.88 Å². The van der Waals surface area contributed by atoms with E-state index in [4.69, 9.17) is 14.2 Å². The van der Waals surface area contributed by atoms with Gasteiger partial charge in [-0.15, -0.1) is 4.37 Å². The first-order chi connectivity index (χ1) is 14.7. The topological polar surface area (TPSA) is 70.5 Å². The first-order valence-corrected chi connectivity index (χ1v) is 12.3. The summed E-state index contributed by atoms with van der Waals surface area (Å²) in [6, 6.07) is 0. The van der Waals surface area contributed by atoms with Crippen molar-refractivity contribution in [2.24, 2.45) is 5.41 Å². The third kappa shape index (κ3) is 7.45. The van der Waals surface area contributed by atoms with E-state index in [2.05, 4.69) is 49.6 Å². The quantitative estimate of drug-likeness (QED) is 0.244. The number of unbranched alkanes of at least 4 members (excludes halogenated alkanes) is 3. The Morgan fingerprint density at radius 1 is 1.16 bits per heavy atom. The van der Waals surface area contributed by atoms with Gasteiger partial charge in [0.2, 0.25) is 6.23 Å². The molecule has 0 radical (unpaired) electrons. The normalized spacial score (nSPS) is 20.1. The van der Waals surface area contributed by atoms with Gasteiger partial charge in [-0.1, -0.05) is 60.0 Å². The van der Waals surface area contributed by atoms with Gasteiger partial charge >= 0.3 is 6.16 Å². The van der Waals surface area contributed by atoms with Crippen molar-refractivity contribution in [3.05, 3.63) is 11.8 Å². The molecule has 2 unspecified atom stereocenters. The fourth-order valence-corrected chi connectivity index (χ4v) is 4.69. The largest absolute Gasteiger partial charge is 0.512 e. The van der Waals surface area contributed by atoms with E-state index in [1.807, 2.05) is 6.92 Å². The molecule has 0 amide bonds. The smallest absolute Gasteiger partial charge is 0.475 e. The van der Waals surface area contributed by atoms with Gasteiger partial charge in [-0.05, 0) is 12.8 Å². The van der Waals surface area contributed by atoms with Crippen LogP contribution in [0.4, 0.5) is 4.79 Å². The molecule has 1 aromatic heterocycles. The van der Waals surface area contributed by atoms with Crippen LogP contribution in [0.15, 0.2) is 6.08 Å². The van der Waals surface area contributed by atoms with Crippen LogP contribution in [0.25, 0.3) is 5.57 Å². The number of ether oxygens (including phenoxy) is 3. The van der Waals surface area contributed by atoms with Crippen LogP contribution in [-0.2, 0) is 9.47 Å². The van der Waals surface area contributed by atoms with Gasteiger partial charge in [0.05, 0.1) is 43.9 Å². The molecule has 0 N–H and O–H groups in total. The molecule has 31 heavy (non-hydrogen) atoms. The molecular weight excluding hydrogens is 414 g/mol. The lowest BCUT2D eigenvalue weighted by molar-refractivity contribution is -0.954. The number of hydrogen-bond acceptors (Lipinski definition) is 7. The SMILES string of the molecule is CCCCCCOc1nsnc1C1=CCC[N+](C)(C(OC(=O)OCCC)C(C)(C)C)C1. The lowest BCUT2D eigenvalue weighted by atomic mass is 9.90. The van der Waals surface area contributed by atoms with Crippen molar-refractivity contribution in [1.82, 2.24) is 8.75 Å². The van der Waals surface area contributed by atoms with Gasteiger partial charge in [0.15, 0.2) is 0 Å². The molecule has 2 rings (SSSR count). The van der Waals surface area contributed by atoms with Crippen molar-refractivity contribution < 1.29 is 23.5 Å². The molecular formula is C23H40N3O4S+. The highest BCUT2D eigenvalue weighted by Crippen LogP contribution is 2.37. The fraction of sp³-hybridized carbons (Fsp3) is 0.783. The van der Waals surface area contributed by atoms with Gasteiger partial charge in [-0.3, -0.25) is 4.48 Å². The van der Waals surface area contributed by atoms with E-state index < -0.39 is 6.16 Å². The molecule has 7 nitrogen and oxygen atoms in total. The minimum atomic E-state index is -0.594. The van der Waals surface area contributed by atoms with Crippen molar-refractivity contribution in [2.75, 3.05) is 33.4 Å². The zero-order valence-electron chi connectivity index (χ0n) is 20.1. The van der Waals surface area contributed by atoms with Gasteiger partial charge in [0, 0.05) is 12.0 Å². The van der Waals surface area contributed by atoms with Crippen LogP contribution >= 0.6 is 11.7 Å². The molecule has 2 heterocycles. The Bertz CT molecular complexity index is 729. The number of aromatic nitrogens is 2.